The zero-order chi connectivity index (χ0) is 23.5. The van der Waals surface area contributed by atoms with Gasteiger partial charge in [-0.2, -0.15) is 13.2 Å². The monoisotopic (exact) mass is 482 g/mol. The average Bonchev–Trinajstić information content (AvgIpc) is 3.18. The molecule has 2 aromatic heterocycles. The standard InChI is InChI=1S/C21H21F3N4O2S2/c1-20(2,18(29)30)32-19-27-15(12-31-19)8-9-28(3)17-11-25-16(10-26-17)13-4-6-14(7-5-13)21(22,23)24/h4-7,10-12H,8-9H2,1-3H3,(H,29,30). The van der Waals surface area contributed by atoms with Crippen molar-refractivity contribution in [1.82, 2.24) is 15.0 Å². The lowest BCUT2D eigenvalue weighted by Gasteiger charge is -2.17. The van der Waals surface area contributed by atoms with Crippen LogP contribution in [0.1, 0.15) is 25.1 Å². The number of nitrogens with zero attached hydrogens (tertiary/aromatic N) is 4. The van der Waals surface area contributed by atoms with Crippen molar-refractivity contribution in [2.45, 2.75) is 35.5 Å². The van der Waals surface area contributed by atoms with E-state index in [4.69, 9.17) is 0 Å². The van der Waals surface area contributed by atoms with Gasteiger partial charge in [0.2, 0.25) is 0 Å². The number of thioether (sulfide) groups is 1. The van der Waals surface area contributed by atoms with Gasteiger partial charge >= 0.3 is 12.1 Å². The summed E-state index contributed by atoms with van der Waals surface area (Å²) in [6, 6.07) is 4.80. The van der Waals surface area contributed by atoms with Gasteiger partial charge in [-0.3, -0.25) is 9.78 Å². The Balaban J connectivity index is 1.58. The van der Waals surface area contributed by atoms with Gasteiger partial charge in [0.15, 0.2) is 4.34 Å². The Bertz CT molecular complexity index is 1070. The lowest BCUT2D eigenvalue weighted by molar-refractivity contribution is -0.139. The normalized spacial score (nSPS) is 12.1. The van der Waals surface area contributed by atoms with Crippen LogP contribution in [0.5, 0.6) is 0 Å². The minimum Gasteiger partial charge on any atom is -0.480 e. The van der Waals surface area contributed by atoms with E-state index in [9.17, 15) is 23.1 Å². The first-order valence-corrected chi connectivity index (χ1v) is 11.2. The molecule has 0 unspecified atom stereocenters. The second kappa shape index (κ2) is 9.45. The molecule has 170 valence electrons. The Hall–Kier alpha value is -2.66. The summed E-state index contributed by atoms with van der Waals surface area (Å²) in [6.07, 6.45) is -0.631. The molecular formula is C21H21F3N4O2S2. The van der Waals surface area contributed by atoms with Crippen molar-refractivity contribution in [3.63, 3.8) is 0 Å². The summed E-state index contributed by atoms with van der Waals surface area (Å²) in [7, 11) is 1.86. The Morgan fingerprint density at radius 3 is 2.41 bits per heavy atom. The van der Waals surface area contributed by atoms with Crippen LogP contribution in [0.15, 0.2) is 46.4 Å². The smallest absolute Gasteiger partial charge is 0.416 e. The largest absolute Gasteiger partial charge is 0.480 e. The van der Waals surface area contributed by atoms with Crippen LogP contribution >= 0.6 is 23.1 Å². The SMILES string of the molecule is CN(CCc1csc(SC(C)(C)C(=O)O)n1)c1cnc(-c2ccc(C(F)(F)F)cc2)cn1. The molecule has 0 aliphatic heterocycles. The average molecular weight is 483 g/mol. The van der Waals surface area contributed by atoms with Gasteiger partial charge in [0.05, 0.1) is 29.3 Å². The molecule has 3 rings (SSSR count). The molecule has 0 saturated heterocycles. The minimum absolute atomic E-state index is 0.484. The first-order chi connectivity index (χ1) is 15.0. The fourth-order valence-corrected chi connectivity index (χ4v) is 4.83. The van der Waals surface area contributed by atoms with E-state index in [0.29, 0.717) is 34.4 Å². The van der Waals surface area contributed by atoms with Crippen LogP contribution in [0, 0.1) is 0 Å². The van der Waals surface area contributed by atoms with Crippen LogP contribution in [0.2, 0.25) is 0 Å². The number of aliphatic carboxylic acids is 1. The number of anilines is 1. The molecule has 1 N–H and O–H groups in total. The van der Waals surface area contributed by atoms with Crippen LogP contribution in [0.3, 0.4) is 0 Å². The zero-order valence-electron chi connectivity index (χ0n) is 17.6. The Labute approximate surface area is 191 Å². The van der Waals surface area contributed by atoms with Crippen molar-refractivity contribution in [3.8, 4) is 11.3 Å². The topological polar surface area (TPSA) is 79.2 Å². The van der Waals surface area contributed by atoms with Gasteiger partial charge in [-0.05, 0) is 26.0 Å². The zero-order valence-corrected chi connectivity index (χ0v) is 19.2. The number of carboxylic acid groups (broad SMARTS) is 1. The maximum atomic E-state index is 12.7. The second-order valence-corrected chi connectivity index (χ2v) is 10.3. The molecule has 0 aliphatic rings. The van der Waals surface area contributed by atoms with Gasteiger partial charge in [0, 0.05) is 31.0 Å². The molecule has 11 heteroatoms. The molecule has 32 heavy (non-hydrogen) atoms. The van der Waals surface area contributed by atoms with Gasteiger partial charge in [-0.15, -0.1) is 11.3 Å². The number of hydrogen-bond acceptors (Lipinski definition) is 7. The first kappa shape index (κ1) is 24.0. The van der Waals surface area contributed by atoms with E-state index in [1.807, 2.05) is 17.3 Å². The predicted molar refractivity (Wildman–Crippen MR) is 119 cm³/mol. The van der Waals surface area contributed by atoms with Gasteiger partial charge < -0.3 is 10.0 Å². The highest BCUT2D eigenvalue weighted by Gasteiger charge is 2.30. The molecule has 0 aliphatic carbocycles. The molecular weight excluding hydrogens is 461 g/mol. The summed E-state index contributed by atoms with van der Waals surface area (Å²) in [5.74, 6) is -0.269. The number of alkyl halides is 3. The third kappa shape index (κ3) is 5.98. The van der Waals surface area contributed by atoms with E-state index < -0.39 is 22.5 Å². The van der Waals surface area contributed by atoms with Crippen molar-refractivity contribution < 1.29 is 23.1 Å². The summed E-state index contributed by atoms with van der Waals surface area (Å²) < 4.78 is 37.9. The predicted octanol–water partition coefficient (Wildman–Crippen LogP) is 5.25. The molecule has 1 aromatic carbocycles. The van der Waals surface area contributed by atoms with E-state index in [-0.39, 0.29) is 0 Å². The lowest BCUT2D eigenvalue weighted by atomic mass is 10.1. The van der Waals surface area contributed by atoms with Gasteiger partial charge in [0.1, 0.15) is 10.6 Å². The number of carboxylic acids is 1. The Morgan fingerprint density at radius 2 is 1.84 bits per heavy atom. The highest BCUT2D eigenvalue weighted by atomic mass is 32.2. The maximum Gasteiger partial charge on any atom is 0.416 e. The van der Waals surface area contributed by atoms with Crippen LogP contribution < -0.4 is 4.90 Å². The summed E-state index contributed by atoms with van der Waals surface area (Å²) in [5, 5.41) is 11.1. The minimum atomic E-state index is -4.37. The van der Waals surface area contributed by atoms with Crippen LogP contribution in [0.25, 0.3) is 11.3 Å². The molecule has 0 bridgehead atoms. The summed E-state index contributed by atoms with van der Waals surface area (Å²) >= 11 is 2.63. The first-order valence-electron chi connectivity index (χ1n) is 9.53. The second-order valence-electron chi connectivity index (χ2n) is 7.53. The van der Waals surface area contributed by atoms with Crippen molar-refractivity contribution >= 4 is 34.9 Å². The van der Waals surface area contributed by atoms with Crippen molar-refractivity contribution in [2.24, 2.45) is 0 Å². The quantitative estimate of drug-likeness (QED) is 0.439. The van der Waals surface area contributed by atoms with E-state index in [2.05, 4.69) is 15.0 Å². The Kier molecular flexibility index (Phi) is 7.09. The molecule has 0 radical (unpaired) electrons. The highest BCUT2D eigenvalue weighted by molar-refractivity contribution is 8.02. The molecule has 0 amide bonds. The number of benzene rings is 1. The number of halogens is 3. The van der Waals surface area contributed by atoms with Crippen molar-refractivity contribution in [2.75, 3.05) is 18.5 Å². The highest BCUT2D eigenvalue weighted by Crippen LogP contribution is 2.35. The van der Waals surface area contributed by atoms with Crippen LogP contribution in [-0.4, -0.2) is 44.4 Å². The number of likely N-dealkylation sites (N-methyl/N-ethyl adjacent to an activating group) is 1. The number of hydrogen-bond donors (Lipinski definition) is 1. The number of thiazole rings is 1. The summed E-state index contributed by atoms with van der Waals surface area (Å²) in [5.41, 5.74) is 1.19. The van der Waals surface area contributed by atoms with Gasteiger partial charge in [-0.1, -0.05) is 23.9 Å². The fraction of sp³-hybridized carbons (Fsp3) is 0.333. The molecule has 0 fully saturated rings. The van der Waals surface area contributed by atoms with Gasteiger partial charge in [0.25, 0.3) is 0 Å². The molecule has 0 atom stereocenters. The van der Waals surface area contributed by atoms with E-state index in [0.717, 1.165) is 17.8 Å². The van der Waals surface area contributed by atoms with Gasteiger partial charge in [-0.25, -0.2) is 9.97 Å². The number of carbonyl (C=O) groups is 1. The Morgan fingerprint density at radius 1 is 1.16 bits per heavy atom. The number of aromatic nitrogens is 3. The third-order valence-electron chi connectivity index (χ3n) is 4.63. The molecule has 6 nitrogen and oxygen atoms in total. The van der Waals surface area contributed by atoms with E-state index in [1.165, 1.54) is 41.4 Å². The molecule has 0 spiro atoms. The molecule has 0 saturated carbocycles. The molecule has 3 aromatic rings. The third-order valence-corrected chi connectivity index (χ3v) is 6.80. The van der Waals surface area contributed by atoms with E-state index in [1.54, 1.807) is 20.0 Å². The van der Waals surface area contributed by atoms with Crippen LogP contribution in [-0.2, 0) is 17.4 Å². The summed E-state index contributed by atoms with van der Waals surface area (Å²) in [4.78, 5) is 26.3. The lowest BCUT2D eigenvalue weighted by Crippen LogP contribution is -2.26. The van der Waals surface area contributed by atoms with Crippen LogP contribution in [0.4, 0.5) is 19.0 Å². The summed E-state index contributed by atoms with van der Waals surface area (Å²) in [6.45, 7) is 3.90. The fourth-order valence-electron chi connectivity index (χ4n) is 2.61. The molecule has 2 heterocycles. The number of rotatable bonds is 8. The van der Waals surface area contributed by atoms with Crippen molar-refractivity contribution in [1.29, 1.82) is 0 Å². The maximum absolute atomic E-state index is 12.7. The van der Waals surface area contributed by atoms with Crippen molar-refractivity contribution in [3.05, 3.63) is 53.3 Å². The van der Waals surface area contributed by atoms with E-state index >= 15 is 0 Å².